The van der Waals surface area contributed by atoms with Crippen LogP contribution < -0.4 is 5.73 Å². The third kappa shape index (κ3) is 2.41. The zero-order valence-electron chi connectivity index (χ0n) is 6.44. The zero-order valence-corrected chi connectivity index (χ0v) is 6.44. The largest absolute Gasteiger partial charge is 0.396 e. The number of hydrogen-bond acceptors (Lipinski definition) is 4. The Morgan fingerprint density at radius 2 is 2.27 bits per heavy atom. The van der Waals surface area contributed by atoms with Crippen molar-refractivity contribution in [1.82, 2.24) is 0 Å². The van der Waals surface area contributed by atoms with Crippen LogP contribution in [0.2, 0.25) is 0 Å². The predicted octanol–water partition coefficient (Wildman–Crippen LogP) is -0.807. The van der Waals surface area contributed by atoms with Gasteiger partial charge < -0.3 is 20.7 Å². The number of rotatable bonds is 3. The lowest BCUT2D eigenvalue weighted by Crippen LogP contribution is -2.35. The SMILES string of the molecule is N[C@H](CCO)[C@@H]1CCC(O)O1. The Balaban J connectivity index is 2.25. The van der Waals surface area contributed by atoms with Gasteiger partial charge in [0.05, 0.1) is 6.10 Å². The van der Waals surface area contributed by atoms with Gasteiger partial charge >= 0.3 is 0 Å². The van der Waals surface area contributed by atoms with Crippen LogP contribution in [0.5, 0.6) is 0 Å². The van der Waals surface area contributed by atoms with Crippen LogP contribution >= 0.6 is 0 Å². The van der Waals surface area contributed by atoms with E-state index in [1.807, 2.05) is 0 Å². The maximum absolute atomic E-state index is 8.98. The second-order valence-electron chi connectivity index (χ2n) is 2.88. The molecule has 0 aromatic heterocycles. The summed E-state index contributed by atoms with van der Waals surface area (Å²) >= 11 is 0. The molecule has 1 rings (SSSR count). The molecule has 4 N–H and O–H groups in total. The van der Waals surface area contributed by atoms with Crippen molar-refractivity contribution in [1.29, 1.82) is 0 Å². The van der Waals surface area contributed by atoms with Gasteiger partial charge in [0, 0.05) is 19.1 Å². The molecule has 1 aliphatic heterocycles. The van der Waals surface area contributed by atoms with E-state index in [9.17, 15) is 0 Å². The van der Waals surface area contributed by atoms with Crippen molar-refractivity contribution in [3.05, 3.63) is 0 Å². The highest BCUT2D eigenvalue weighted by Crippen LogP contribution is 2.20. The van der Waals surface area contributed by atoms with Crippen LogP contribution in [-0.2, 0) is 4.74 Å². The molecule has 1 fully saturated rings. The van der Waals surface area contributed by atoms with Gasteiger partial charge in [0.1, 0.15) is 0 Å². The van der Waals surface area contributed by atoms with Crippen molar-refractivity contribution in [2.75, 3.05) is 6.61 Å². The first-order valence-electron chi connectivity index (χ1n) is 3.94. The monoisotopic (exact) mass is 161 g/mol. The Morgan fingerprint density at radius 1 is 1.55 bits per heavy atom. The molecule has 1 unspecified atom stereocenters. The summed E-state index contributed by atoms with van der Waals surface area (Å²) in [7, 11) is 0. The third-order valence-corrected chi connectivity index (χ3v) is 1.97. The molecule has 0 aromatic rings. The topological polar surface area (TPSA) is 75.7 Å². The molecule has 4 heteroatoms. The van der Waals surface area contributed by atoms with E-state index in [1.54, 1.807) is 0 Å². The van der Waals surface area contributed by atoms with E-state index in [4.69, 9.17) is 20.7 Å². The van der Waals surface area contributed by atoms with E-state index >= 15 is 0 Å². The molecule has 66 valence electrons. The highest BCUT2D eigenvalue weighted by atomic mass is 16.6. The average molecular weight is 161 g/mol. The third-order valence-electron chi connectivity index (χ3n) is 1.97. The smallest absolute Gasteiger partial charge is 0.155 e. The fraction of sp³-hybridized carbons (Fsp3) is 1.00. The molecule has 1 saturated heterocycles. The van der Waals surface area contributed by atoms with Crippen LogP contribution in [-0.4, -0.2) is 35.3 Å². The van der Waals surface area contributed by atoms with Crippen LogP contribution in [0.25, 0.3) is 0 Å². The number of ether oxygens (including phenoxy) is 1. The number of nitrogens with two attached hydrogens (primary N) is 1. The summed E-state index contributed by atoms with van der Waals surface area (Å²) in [5.41, 5.74) is 5.66. The molecule has 1 heterocycles. The van der Waals surface area contributed by atoms with Gasteiger partial charge in [0.15, 0.2) is 6.29 Å². The molecular weight excluding hydrogens is 146 g/mol. The first kappa shape index (κ1) is 8.93. The normalized spacial score (nSPS) is 34.1. The second kappa shape index (κ2) is 4.01. The molecule has 0 aliphatic carbocycles. The summed E-state index contributed by atoms with van der Waals surface area (Å²) < 4.78 is 5.10. The molecule has 4 nitrogen and oxygen atoms in total. The van der Waals surface area contributed by atoms with Crippen molar-refractivity contribution in [2.24, 2.45) is 5.73 Å². The van der Waals surface area contributed by atoms with E-state index < -0.39 is 6.29 Å². The zero-order chi connectivity index (χ0) is 8.27. The van der Waals surface area contributed by atoms with Crippen molar-refractivity contribution < 1.29 is 14.9 Å². The summed E-state index contributed by atoms with van der Waals surface area (Å²) in [6.45, 7) is 0.0805. The number of aliphatic hydroxyl groups is 2. The van der Waals surface area contributed by atoms with Gasteiger partial charge in [-0.2, -0.15) is 0 Å². The Kier molecular flexibility index (Phi) is 3.26. The van der Waals surface area contributed by atoms with Gasteiger partial charge in [0.25, 0.3) is 0 Å². The van der Waals surface area contributed by atoms with E-state index in [0.29, 0.717) is 12.8 Å². The molecule has 1 aliphatic rings. The van der Waals surface area contributed by atoms with Crippen LogP contribution in [0.3, 0.4) is 0 Å². The Morgan fingerprint density at radius 3 is 2.73 bits per heavy atom. The Hall–Kier alpha value is -0.160. The summed E-state index contributed by atoms with van der Waals surface area (Å²) in [6, 6.07) is -0.142. The van der Waals surface area contributed by atoms with Gasteiger partial charge in [-0.3, -0.25) is 0 Å². The summed E-state index contributed by atoms with van der Waals surface area (Å²) in [6.07, 6.45) is 1.27. The molecule has 0 amide bonds. The second-order valence-corrected chi connectivity index (χ2v) is 2.88. The lowest BCUT2D eigenvalue weighted by molar-refractivity contribution is -0.0968. The maximum atomic E-state index is 8.98. The number of aliphatic hydroxyl groups excluding tert-OH is 2. The minimum atomic E-state index is -0.648. The molecule has 3 atom stereocenters. The van der Waals surface area contributed by atoms with E-state index in [1.165, 1.54) is 0 Å². The molecule has 0 radical (unpaired) electrons. The van der Waals surface area contributed by atoms with Crippen LogP contribution in [0.1, 0.15) is 19.3 Å². The summed E-state index contributed by atoms with van der Waals surface area (Å²) in [5.74, 6) is 0. The van der Waals surface area contributed by atoms with Crippen LogP contribution in [0, 0.1) is 0 Å². The van der Waals surface area contributed by atoms with Gasteiger partial charge in [-0.25, -0.2) is 0 Å². The Bertz CT molecular complexity index is 120. The average Bonchev–Trinajstić information content (AvgIpc) is 2.36. The molecule has 0 spiro atoms. The van der Waals surface area contributed by atoms with Crippen LogP contribution in [0.4, 0.5) is 0 Å². The van der Waals surface area contributed by atoms with E-state index in [2.05, 4.69) is 0 Å². The lowest BCUT2D eigenvalue weighted by atomic mass is 10.1. The van der Waals surface area contributed by atoms with E-state index in [-0.39, 0.29) is 18.8 Å². The highest BCUT2D eigenvalue weighted by Gasteiger charge is 2.27. The molecule has 0 aromatic carbocycles. The first-order chi connectivity index (χ1) is 5.24. The fourth-order valence-electron chi connectivity index (χ4n) is 1.29. The predicted molar refractivity (Wildman–Crippen MR) is 39.8 cm³/mol. The van der Waals surface area contributed by atoms with E-state index in [0.717, 1.165) is 6.42 Å². The van der Waals surface area contributed by atoms with Crippen LogP contribution in [0.15, 0.2) is 0 Å². The Labute approximate surface area is 66.0 Å². The fourth-order valence-corrected chi connectivity index (χ4v) is 1.29. The maximum Gasteiger partial charge on any atom is 0.155 e. The molecule has 0 saturated carbocycles. The van der Waals surface area contributed by atoms with Crippen molar-refractivity contribution in [3.63, 3.8) is 0 Å². The summed E-state index contributed by atoms with van der Waals surface area (Å²) in [5, 5.41) is 17.5. The molecule has 0 bridgehead atoms. The van der Waals surface area contributed by atoms with Gasteiger partial charge in [-0.15, -0.1) is 0 Å². The van der Waals surface area contributed by atoms with Crippen molar-refractivity contribution in [3.8, 4) is 0 Å². The number of hydrogen-bond donors (Lipinski definition) is 3. The first-order valence-corrected chi connectivity index (χ1v) is 3.94. The highest BCUT2D eigenvalue weighted by molar-refractivity contribution is 4.78. The van der Waals surface area contributed by atoms with Crippen molar-refractivity contribution in [2.45, 2.75) is 37.7 Å². The standard InChI is InChI=1S/C7H15NO3/c8-5(3-4-9)6-1-2-7(10)11-6/h5-7,9-10H,1-4,8H2/t5-,6+,7?/m1/s1. The van der Waals surface area contributed by atoms with Gasteiger partial charge in [-0.05, 0) is 12.8 Å². The molecule has 11 heavy (non-hydrogen) atoms. The summed E-state index contributed by atoms with van der Waals surface area (Å²) in [4.78, 5) is 0. The van der Waals surface area contributed by atoms with Gasteiger partial charge in [0.2, 0.25) is 0 Å². The molecular formula is C7H15NO3. The minimum absolute atomic E-state index is 0.0721. The quantitative estimate of drug-likeness (QED) is 0.506. The minimum Gasteiger partial charge on any atom is -0.396 e. The lowest BCUT2D eigenvalue weighted by Gasteiger charge is -2.17. The van der Waals surface area contributed by atoms with Crippen molar-refractivity contribution >= 4 is 0 Å². The van der Waals surface area contributed by atoms with Gasteiger partial charge in [-0.1, -0.05) is 0 Å².